The summed E-state index contributed by atoms with van der Waals surface area (Å²) in [4.78, 5) is 17.2. The van der Waals surface area contributed by atoms with E-state index in [9.17, 15) is 20.2 Å². The highest BCUT2D eigenvalue weighted by Gasteiger charge is 2.36. The van der Waals surface area contributed by atoms with E-state index in [1.807, 2.05) is 0 Å². The van der Waals surface area contributed by atoms with E-state index in [2.05, 4.69) is 0 Å². The first kappa shape index (κ1) is 9.72. The van der Waals surface area contributed by atoms with Gasteiger partial charge in [-0.15, -0.1) is 0 Å². The second-order valence-corrected chi connectivity index (χ2v) is 1.96. The van der Waals surface area contributed by atoms with Crippen LogP contribution in [0.5, 0.6) is 0 Å². The normalized spacial score (nSPS) is 11.1. The third-order valence-corrected chi connectivity index (χ3v) is 0.765. The molecule has 0 aromatic heterocycles. The van der Waals surface area contributed by atoms with Gasteiger partial charge in [0, 0.05) is 9.85 Å². The lowest BCUT2D eigenvalue weighted by molar-refractivity contribution is -0.566. The molecule has 2 N–H and O–H groups in total. The van der Waals surface area contributed by atoms with E-state index in [4.69, 9.17) is 10.2 Å². The summed E-state index contributed by atoms with van der Waals surface area (Å²) in [6.07, 6.45) is 0. The second kappa shape index (κ2) is 3.21. The molecule has 0 aliphatic rings. The molecule has 64 valence electrons. The summed E-state index contributed by atoms with van der Waals surface area (Å²) in [7, 11) is 0. The molecule has 0 rings (SSSR count). The van der Waals surface area contributed by atoms with Crippen LogP contribution in [0.1, 0.15) is 0 Å². The minimum atomic E-state index is -2.85. The Kier molecular flexibility index (Phi) is 2.84. The predicted octanol–water partition coefficient (Wildman–Crippen LogP) is -1.78. The van der Waals surface area contributed by atoms with Crippen LogP contribution in [0, 0.1) is 20.2 Å². The lowest BCUT2D eigenvalue weighted by Crippen LogP contribution is -2.43. The molecule has 0 bridgehead atoms. The Labute approximate surface area is 60.4 Å². The Morgan fingerprint density at radius 3 is 1.55 bits per heavy atom. The van der Waals surface area contributed by atoms with Crippen molar-refractivity contribution >= 4 is 0 Å². The Morgan fingerprint density at radius 1 is 1.09 bits per heavy atom. The van der Waals surface area contributed by atoms with Crippen LogP contribution in [0.3, 0.4) is 0 Å². The fourth-order valence-electron chi connectivity index (χ4n) is 0.464. The van der Waals surface area contributed by atoms with Gasteiger partial charge in [-0.2, -0.15) is 0 Å². The van der Waals surface area contributed by atoms with E-state index in [0.717, 1.165) is 0 Å². The van der Waals surface area contributed by atoms with E-state index in [1.165, 1.54) is 0 Å². The third-order valence-electron chi connectivity index (χ3n) is 0.765. The van der Waals surface area contributed by atoms with Crippen molar-refractivity contribution in [2.24, 2.45) is 0 Å². The molecule has 0 aromatic rings. The Hall–Kier alpha value is -1.28. The first-order valence-electron chi connectivity index (χ1n) is 2.52. The first-order chi connectivity index (χ1) is 4.83. The number of nitrogens with zero attached hydrogens (tertiary/aromatic N) is 2. The van der Waals surface area contributed by atoms with Crippen LogP contribution in [0.4, 0.5) is 0 Å². The fraction of sp³-hybridized carbons (Fsp3) is 1.00. The molecular weight excluding hydrogens is 160 g/mol. The summed E-state index contributed by atoms with van der Waals surface area (Å²) in [5.74, 6) is -2.85. The standard InChI is InChI=1S/C3H6N2O6/c6-3(7,1-4(8)9)2-5(10)11/h6-7H,1-2H2. The molecule has 0 saturated heterocycles. The van der Waals surface area contributed by atoms with Crippen LogP contribution < -0.4 is 0 Å². The van der Waals surface area contributed by atoms with Gasteiger partial charge in [0.2, 0.25) is 0 Å². The molecule has 0 aromatic carbocycles. The van der Waals surface area contributed by atoms with Crippen LogP contribution in [0.25, 0.3) is 0 Å². The van der Waals surface area contributed by atoms with Gasteiger partial charge in [0.05, 0.1) is 0 Å². The number of aliphatic hydroxyl groups is 2. The van der Waals surface area contributed by atoms with Gasteiger partial charge in [-0.05, 0) is 0 Å². The zero-order chi connectivity index (χ0) is 9.07. The zero-order valence-corrected chi connectivity index (χ0v) is 5.34. The maximum atomic E-state index is 9.66. The minimum Gasteiger partial charge on any atom is -0.355 e. The van der Waals surface area contributed by atoms with Gasteiger partial charge in [0.15, 0.2) is 0 Å². The molecule has 0 atom stereocenters. The van der Waals surface area contributed by atoms with Gasteiger partial charge in [-0.3, -0.25) is 20.2 Å². The molecule has 8 nitrogen and oxygen atoms in total. The van der Waals surface area contributed by atoms with Crippen molar-refractivity contribution in [2.75, 3.05) is 13.1 Å². The quantitative estimate of drug-likeness (QED) is 0.288. The molecule has 0 aliphatic heterocycles. The summed E-state index contributed by atoms with van der Waals surface area (Å²) in [5.41, 5.74) is 0. The highest BCUT2D eigenvalue weighted by atomic mass is 16.6. The number of hydrogen-bond donors (Lipinski definition) is 2. The molecule has 0 amide bonds. The van der Waals surface area contributed by atoms with Crippen molar-refractivity contribution in [1.29, 1.82) is 0 Å². The molecule has 11 heavy (non-hydrogen) atoms. The van der Waals surface area contributed by atoms with Gasteiger partial charge in [-0.25, -0.2) is 0 Å². The monoisotopic (exact) mass is 166 g/mol. The maximum absolute atomic E-state index is 9.66. The Bertz CT molecular complexity index is 159. The number of hydrogen-bond acceptors (Lipinski definition) is 6. The van der Waals surface area contributed by atoms with E-state index in [0.29, 0.717) is 0 Å². The largest absolute Gasteiger partial charge is 0.355 e. The topological polar surface area (TPSA) is 127 Å². The summed E-state index contributed by atoms with van der Waals surface area (Å²) >= 11 is 0. The predicted molar refractivity (Wildman–Crippen MR) is 30.9 cm³/mol. The smallest absolute Gasteiger partial charge is 0.296 e. The van der Waals surface area contributed by atoms with Crippen LogP contribution >= 0.6 is 0 Å². The van der Waals surface area contributed by atoms with Crippen molar-refractivity contribution in [3.63, 3.8) is 0 Å². The van der Waals surface area contributed by atoms with Gasteiger partial charge >= 0.3 is 0 Å². The van der Waals surface area contributed by atoms with Crippen molar-refractivity contribution in [1.82, 2.24) is 0 Å². The summed E-state index contributed by atoms with van der Waals surface area (Å²) < 4.78 is 0. The van der Waals surface area contributed by atoms with Crippen LogP contribution in [0.2, 0.25) is 0 Å². The van der Waals surface area contributed by atoms with Gasteiger partial charge in [0.1, 0.15) is 0 Å². The zero-order valence-electron chi connectivity index (χ0n) is 5.34. The average molecular weight is 166 g/mol. The molecule has 0 aliphatic carbocycles. The summed E-state index contributed by atoms with van der Waals surface area (Å²) in [6.45, 7) is -2.51. The summed E-state index contributed by atoms with van der Waals surface area (Å²) in [6, 6.07) is 0. The van der Waals surface area contributed by atoms with Crippen molar-refractivity contribution < 1.29 is 20.1 Å². The van der Waals surface area contributed by atoms with E-state index in [-0.39, 0.29) is 0 Å². The lowest BCUT2D eigenvalue weighted by Gasteiger charge is -2.10. The van der Waals surface area contributed by atoms with E-state index in [1.54, 1.807) is 0 Å². The van der Waals surface area contributed by atoms with E-state index >= 15 is 0 Å². The van der Waals surface area contributed by atoms with E-state index < -0.39 is 28.7 Å². The fourth-order valence-corrected chi connectivity index (χ4v) is 0.464. The number of rotatable bonds is 4. The van der Waals surface area contributed by atoms with Gasteiger partial charge < -0.3 is 10.2 Å². The van der Waals surface area contributed by atoms with Crippen LogP contribution in [-0.4, -0.2) is 38.9 Å². The molecule has 0 spiro atoms. The number of nitro groups is 2. The van der Waals surface area contributed by atoms with Crippen molar-refractivity contribution in [2.45, 2.75) is 5.79 Å². The SMILES string of the molecule is O=[N+]([O-])CC(O)(O)C[N+](=O)[O-]. The van der Waals surface area contributed by atoms with Crippen LogP contribution in [0.15, 0.2) is 0 Å². The summed E-state index contributed by atoms with van der Waals surface area (Å²) in [5, 5.41) is 36.4. The lowest BCUT2D eigenvalue weighted by atomic mass is 10.3. The van der Waals surface area contributed by atoms with Gasteiger partial charge in [0.25, 0.3) is 18.9 Å². The molecule has 0 unspecified atom stereocenters. The molecule has 0 radical (unpaired) electrons. The minimum absolute atomic E-state index is 1.04. The first-order valence-corrected chi connectivity index (χ1v) is 2.52. The average Bonchev–Trinajstić information content (AvgIpc) is 1.53. The van der Waals surface area contributed by atoms with Crippen molar-refractivity contribution in [3.8, 4) is 0 Å². The van der Waals surface area contributed by atoms with Crippen molar-refractivity contribution in [3.05, 3.63) is 20.2 Å². The van der Waals surface area contributed by atoms with Crippen LogP contribution in [-0.2, 0) is 0 Å². The molecule has 0 fully saturated rings. The third kappa shape index (κ3) is 5.18. The molecule has 8 heteroatoms. The molecular formula is C3H6N2O6. The molecule has 0 heterocycles. The highest BCUT2D eigenvalue weighted by molar-refractivity contribution is 4.59. The maximum Gasteiger partial charge on any atom is 0.296 e. The molecule has 0 saturated carbocycles. The van der Waals surface area contributed by atoms with Gasteiger partial charge in [-0.1, -0.05) is 0 Å². The highest BCUT2D eigenvalue weighted by Crippen LogP contribution is 1.98. The Balaban J connectivity index is 3.99. The second-order valence-electron chi connectivity index (χ2n) is 1.96. The Morgan fingerprint density at radius 2 is 1.36 bits per heavy atom.